The molecule has 2 rings (SSSR count). The summed E-state index contributed by atoms with van der Waals surface area (Å²) in [5.41, 5.74) is 0.760. The van der Waals surface area contributed by atoms with E-state index in [-0.39, 0.29) is 0 Å². The van der Waals surface area contributed by atoms with E-state index in [1.165, 1.54) is 7.11 Å². The summed E-state index contributed by atoms with van der Waals surface area (Å²) in [7, 11) is 1.27. The Morgan fingerprint density at radius 1 is 1.38 bits per heavy atom. The van der Waals surface area contributed by atoms with Gasteiger partial charge in [0.2, 0.25) is 0 Å². The minimum atomic E-state index is -0.778. The maximum absolute atomic E-state index is 11.4. The molecule has 1 aliphatic heterocycles. The molecule has 2 atom stereocenters. The second kappa shape index (κ2) is 4.22. The molecule has 0 saturated carbocycles. The molecule has 84 valence electrons. The van der Waals surface area contributed by atoms with Crippen LogP contribution in [-0.2, 0) is 14.3 Å². The van der Waals surface area contributed by atoms with E-state index in [9.17, 15) is 9.59 Å². The Balaban J connectivity index is 2.26. The van der Waals surface area contributed by atoms with Crippen molar-refractivity contribution < 1.29 is 19.1 Å². The summed E-state index contributed by atoms with van der Waals surface area (Å²) in [6.07, 6.45) is -1.23. The van der Waals surface area contributed by atoms with Crippen molar-refractivity contribution in [1.29, 1.82) is 0 Å². The van der Waals surface area contributed by atoms with E-state index in [0.29, 0.717) is 0 Å². The topological polar surface area (TPSA) is 64.6 Å². The summed E-state index contributed by atoms with van der Waals surface area (Å²) >= 11 is 0. The Kier molecular flexibility index (Phi) is 2.76. The molecule has 0 spiro atoms. The monoisotopic (exact) mass is 221 g/mol. The average molecular weight is 221 g/mol. The van der Waals surface area contributed by atoms with Crippen molar-refractivity contribution in [3.8, 4) is 0 Å². The van der Waals surface area contributed by atoms with Crippen LogP contribution in [0.3, 0.4) is 0 Å². The van der Waals surface area contributed by atoms with Crippen LogP contribution in [0.5, 0.6) is 0 Å². The predicted octanol–water partition coefficient (Wildman–Crippen LogP) is 1.01. The first kappa shape index (κ1) is 10.5. The van der Waals surface area contributed by atoms with Crippen molar-refractivity contribution in [2.45, 2.75) is 12.1 Å². The minimum absolute atomic E-state index is 0.514. The number of methoxy groups -OCH3 is 1. The Morgan fingerprint density at radius 2 is 2.06 bits per heavy atom. The number of cyclic esters (lactones) is 1. The third kappa shape index (κ3) is 1.84. The van der Waals surface area contributed by atoms with E-state index in [0.717, 1.165) is 5.56 Å². The fraction of sp³-hybridized carbons (Fsp3) is 0.273. The molecule has 1 aromatic rings. The van der Waals surface area contributed by atoms with Crippen molar-refractivity contribution >= 4 is 12.1 Å². The second-order valence-electron chi connectivity index (χ2n) is 3.38. The number of amides is 1. The summed E-state index contributed by atoms with van der Waals surface area (Å²) < 4.78 is 9.63. The summed E-state index contributed by atoms with van der Waals surface area (Å²) in [5, 5.41) is 2.42. The number of rotatable bonds is 2. The van der Waals surface area contributed by atoms with Crippen LogP contribution >= 0.6 is 0 Å². The number of hydrogen-bond acceptors (Lipinski definition) is 4. The highest BCUT2D eigenvalue weighted by atomic mass is 16.6. The van der Waals surface area contributed by atoms with E-state index in [4.69, 9.17) is 4.74 Å². The number of nitrogens with one attached hydrogen (secondary N) is 1. The fourth-order valence-corrected chi connectivity index (χ4v) is 1.63. The van der Waals surface area contributed by atoms with Crippen molar-refractivity contribution in [1.82, 2.24) is 5.32 Å². The Hall–Kier alpha value is -2.04. The van der Waals surface area contributed by atoms with Gasteiger partial charge in [0.1, 0.15) is 0 Å². The zero-order chi connectivity index (χ0) is 11.5. The van der Waals surface area contributed by atoms with Crippen LogP contribution in [0.2, 0.25) is 0 Å². The van der Waals surface area contributed by atoms with Gasteiger partial charge in [0, 0.05) is 0 Å². The van der Waals surface area contributed by atoms with Crippen LogP contribution in [0.4, 0.5) is 4.79 Å². The van der Waals surface area contributed by atoms with Gasteiger partial charge in [-0.15, -0.1) is 0 Å². The van der Waals surface area contributed by atoms with E-state index < -0.39 is 24.2 Å². The highest BCUT2D eigenvalue weighted by molar-refractivity contribution is 5.85. The lowest BCUT2D eigenvalue weighted by Gasteiger charge is -2.14. The molecule has 1 aromatic carbocycles. The van der Waals surface area contributed by atoms with Crippen LogP contribution in [0.15, 0.2) is 30.3 Å². The van der Waals surface area contributed by atoms with E-state index in [1.807, 2.05) is 18.2 Å². The number of carbonyl (C=O) groups is 2. The van der Waals surface area contributed by atoms with Gasteiger partial charge in [0.05, 0.1) is 7.11 Å². The smallest absolute Gasteiger partial charge is 0.408 e. The van der Waals surface area contributed by atoms with Crippen molar-refractivity contribution in [3.05, 3.63) is 35.9 Å². The Labute approximate surface area is 92.4 Å². The number of carbonyl (C=O) groups excluding carboxylic acids is 2. The Morgan fingerprint density at radius 3 is 2.69 bits per heavy atom. The molecule has 0 bridgehead atoms. The number of benzene rings is 1. The molecule has 1 fully saturated rings. The number of esters is 1. The molecule has 5 nitrogen and oxygen atoms in total. The molecule has 0 aliphatic carbocycles. The van der Waals surface area contributed by atoms with Gasteiger partial charge in [-0.2, -0.15) is 0 Å². The van der Waals surface area contributed by atoms with Crippen LogP contribution in [0.1, 0.15) is 11.7 Å². The maximum Gasteiger partial charge on any atom is 0.408 e. The van der Waals surface area contributed by atoms with E-state index in [2.05, 4.69) is 10.1 Å². The van der Waals surface area contributed by atoms with E-state index in [1.54, 1.807) is 12.1 Å². The number of alkyl carbamates (subject to hydrolysis) is 1. The molecule has 0 radical (unpaired) electrons. The van der Waals surface area contributed by atoms with Crippen molar-refractivity contribution in [3.63, 3.8) is 0 Å². The molecule has 0 unspecified atom stereocenters. The summed E-state index contributed by atoms with van der Waals surface area (Å²) in [4.78, 5) is 22.5. The first-order valence-electron chi connectivity index (χ1n) is 4.82. The van der Waals surface area contributed by atoms with Crippen molar-refractivity contribution in [2.75, 3.05) is 7.11 Å². The lowest BCUT2D eigenvalue weighted by Crippen LogP contribution is -2.36. The third-order valence-electron chi connectivity index (χ3n) is 2.39. The number of ether oxygens (including phenoxy) is 2. The molecule has 1 saturated heterocycles. The summed E-state index contributed by atoms with van der Waals surface area (Å²) in [6.45, 7) is 0. The lowest BCUT2D eigenvalue weighted by atomic mass is 10.0. The minimum Gasteiger partial charge on any atom is -0.467 e. The average Bonchev–Trinajstić information content (AvgIpc) is 2.71. The predicted molar refractivity (Wildman–Crippen MR) is 54.6 cm³/mol. The molecule has 1 heterocycles. The molecular weight excluding hydrogens is 210 g/mol. The maximum atomic E-state index is 11.4. The van der Waals surface area contributed by atoms with Crippen LogP contribution < -0.4 is 5.32 Å². The van der Waals surface area contributed by atoms with Gasteiger partial charge >= 0.3 is 12.1 Å². The van der Waals surface area contributed by atoms with Crippen molar-refractivity contribution in [2.24, 2.45) is 0 Å². The molecule has 5 heteroatoms. The highest BCUT2D eigenvalue weighted by Gasteiger charge is 2.40. The van der Waals surface area contributed by atoms with Crippen LogP contribution in [0, 0.1) is 0 Å². The first-order valence-corrected chi connectivity index (χ1v) is 4.82. The zero-order valence-electron chi connectivity index (χ0n) is 8.67. The number of hydrogen-bond donors (Lipinski definition) is 1. The quantitative estimate of drug-likeness (QED) is 0.757. The molecule has 0 aromatic heterocycles. The van der Waals surface area contributed by atoms with Gasteiger partial charge in [0.15, 0.2) is 12.1 Å². The molecule has 1 aliphatic rings. The largest absolute Gasteiger partial charge is 0.467 e. The second-order valence-corrected chi connectivity index (χ2v) is 3.38. The molecule has 16 heavy (non-hydrogen) atoms. The van der Waals surface area contributed by atoms with Gasteiger partial charge in [-0.25, -0.2) is 9.59 Å². The van der Waals surface area contributed by atoms with Gasteiger partial charge < -0.3 is 14.8 Å². The third-order valence-corrected chi connectivity index (χ3v) is 2.39. The molecule has 1 N–H and O–H groups in total. The Bertz CT molecular complexity index is 404. The zero-order valence-corrected chi connectivity index (χ0v) is 8.67. The van der Waals surface area contributed by atoms with Gasteiger partial charge in [-0.1, -0.05) is 30.3 Å². The van der Waals surface area contributed by atoms with E-state index >= 15 is 0 Å². The lowest BCUT2D eigenvalue weighted by molar-refractivity contribution is -0.144. The van der Waals surface area contributed by atoms with Gasteiger partial charge in [-0.05, 0) is 5.56 Å². The standard InChI is InChI=1S/C11H11NO4/c1-15-10(13)8-9(16-11(14)12-8)7-5-3-2-4-6-7/h2-6,8-9H,1H3,(H,12,14)/t8-,9-/m0/s1. The van der Waals surface area contributed by atoms with Crippen LogP contribution in [-0.4, -0.2) is 25.2 Å². The summed E-state index contributed by atoms with van der Waals surface area (Å²) in [6, 6.07) is 8.29. The molecular formula is C11H11NO4. The molecule has 1 amide bonds. The normalized spacial score (nSPS) is 23.4. The SMILES string of the molecule is COC(=O)[C@H]1NC(=O)O[C@H]1c1ccccc1. The van der Waals surface area contributed by atoms with Gasteiger partial charge in [-0.3, -0.25) is 0 Å². The highest BCUT2D eigenvalue weighted by Crippen LogP contribution is 2.26. The first-order chi connectivity index (χ1) is 7.72. The van der Waals surface area contributed by atoms with Gasteiger partial charge in [0.25, 0.3) is 0 Å². The van der Waals surface area contributed by atoms with Crippen LogP contribution in [0.25, 0.3) is 0 Å². The fourth-order valence-electron chi connectivity index (χ4n) is 1.63. The summed E-state index contributed by atoms with van der Waals surface area (Å²) in [5.74, 6) is -0.514.